The smallest absolute Gasteiger partial charge is 0.264 e. The van der Waals surface area contributed by atoms with Crippen molar-refractivity contribution in [2.75, 3.05) is 28.0 Å². The van der Waals surface area contributed by atoms with Crippen molar-refractivity contribution in [1.29, 1.82) is 0 Å². The fraction of sp³-hybridized carbons (Fsp3) is 0.273. The first-order valence-corrected chi connectivity index (χ1v) is 11.6. The van der Waals surface area contributed by atoms with Gasteiger partial charge in [-0.05, 0) is 62.6 Å². The number of benzene rings is 2. The van der Waals surface area contributed by atoms with Gasteiger partial charge in [0.15, 0.2) is 0 Å². The Morgan fingerprint density at radius 3 is 2.32 bits per heavy atom. The third-order valence-electron chi connectivity index (χ3n) is 5.04. The summed E-state index contributed by atoms with van der Waals surface area (Å²) in [7, 11) is -4.01. The summed E-state index contributed by atoms with van der Waals surface area (Å²) < 4.78 is 41.1. The van der Waals surface area contributed by atoms with Gasteiger partial charge in [-0.1, -0.05) is 12.1 Å². The Hall–Kier alpha value is -3.20. The molecule has 3 aromatic rings. The van der Waals surface area contributed by atoms with Gasteiger partial charge in [0.1, 0.15) is 28.2 Å². The molecule has 0 amide bonds. The molecule has 1 aliphatic rings. The van der Waals surface area contributed by atoms with Gasteiger partial charge in [-0.15, -0.1) is 0 Å². The van der Waals surface area contributed by atoms with Crippen molar-refractivity contribution in [1.82, 2.24) is 9.97 Å². The van der Waals surface area contributed by atoms with Crippen LogP contribution in [0.1, 0.15) is 25.1 Å². The zero-order valence-electron chi connectivity index (χ0n) is 17.2. The second-order valence-electron chi connectivity index (χ2n) is 7.44. The first-order valence-electron chi connectivity index (χ1n) is 10.2. The van der Waals surface area contributed by atoms with Crippen LogP contribution < -0.4 is 14.9 Å². The maximum Gasteiger partial charge on any atom is 0.264 e. The van der Waals surface area contributed by atoms with Crippen LogP contribution in [0.3, 0.4) is 0 Å². The zero-order valence-corrected chi connectivity index (χ0v) is 18.0. The molecule has 7 nitrogen and oxygen atoms in total. The van der Waals surface area contributed by atoms with E-state index in [2.05, 4.69) is 24.9 Å². The van der Waals surface area contributed by atoms with Crippen molar-refractivity contribution >= 4 is 33.0 Å². The minimum absolute atomic E-state index is 0.335. The van der Waals surface area contributed by atoms with Gasteiger partial charge in [0.2, 0.25) is 0 Å². The Morgan fingerprint density at radius 2 is 1.61 bits per heavy atom. The topological polar surface area (TPSA) is 87.2 Å². The third kappa shape index (κ3) is 5.11. The molecular formula is C22H24FN5O2S. The molecule has 4 rings (SSSR count). The maximum atomic E-state index is 13.8. The number of nitrogens with one attached hydrogen (secondary N) is 2. The van der Waals surface area contributed by atoms with E-state index in [9.17, 15) is 12.8 Å². The SMILES string of the molecule is Cc1nc(Nc2ccc(NS(=O)(=O)c3ccccc3F)cc2)cc(N2CCCCC2)n1. The lowest BCUT2D eigenvalue weighted by molar-refractivity contribution is 0.570. The summed E-state index contributed by atoms with van der Waals surface area (Å²) in [6.45, 7) is 3.85. The Bertz CT molecular complexity index is 1160. The number of piperidine rings is 1. The molecule has 0 spiro atoms. The minimum atomic E-state index is -4.01. The van der Waals surface area contributed by atoms with Crippen molar-refractivity contribution in [3.63, 3.8) is 0 Å². The molecule has 2 heterocycles. The molecule has 0 saturated carbocycles. The second kappa shape index (κ2) is 8.89. The molecule has 162 valence electrons. The third-order valence-corrected chi connectivity index (χ3v) is 6.45. The lowest BCUT2D eigenvalue weighted by atomic mass is 10.1. The molecule has 31 heavy (non-hydrogen) atoms. The largest absolute Gasteiger partial charge is 0.356 e. The van der Waals surface area contributed by atoms with Crippen LogP contribution in [0.5, 0.6) is 0 Å². The molecule has 1 aromatic heterocycles. The number of rotatable bonds is 6. The van der Waals surface area contributed by atoms with Crippen molar-refractivity contribution in [2.24, 2.45) is 0 Å². The van der Waals surface area contributed by atoms with Crippen molar-refractivity contribution in [3.05, 3.63) is 66.2 Å². The number of nitrogens with zero attached hydrogens (tertiary/aromatic N) is 3. The lowest BCUT2D eigenvalue weighted by Gasteiger charge is -2.28. The highest BCUT2D eigenvalue weighted by Gasteiger charge is 2.18. The van der Waals surface area contributed by atoms with E-state index >= 15 is 0 Å². The summed E-state index contributed by atoms with van der Waals surface area (Å²) >= 11 is 0. The molecule has 0 atom stereocenters. The van der Waals surface area contributed by atoms with Gasteiger partial charge in [0.25, 0.3) is 10.0 Å². The van der Waals surface area contributed by atoms with Crippen LogP contribution in [0.4, 0.5) is 27.4 Å². The molecule has 0 radical (unpaired) electrons. The van der Waals surface area contributed by atoms with Crippen LogP contribution in [0, 0.1) is 12.7 Å². The summed E-state index contributed by atoms with van der Waals surface area (Å²) in [6.07, 6.45) is 3.57. The predicted molar refractivity (Wildman–Crippen MR) is 120 cm³/mol. The van der Waals surface area contributed by atoms with Crippen molar-refractivity contribution in [2.45, 2.75) is 31.1 Å². The van der Waals surface area contributed by atoms with Crippen LogP contribution in [-0.4, -0.2) is 31.5 Å². The van der Waals surface area contributed by atoms with E-state index in [-0.39, 0.29) is 4.90 Å². The van der Waals surface area contributed by atoms with E-state index in [1.807, 2.05) is 13.0 Å². The molecule has 0 unspecified atom stereocenters. The minimum Gasteiger partial charge on any atom is -0.356 e. The van der Waals surface area contributed by atoms with E-state index < -0.39 is 15.8 Å². The summed E-state index contributed by atoms with van der Waals surface area (Å²) in [5.74, 6) is 1.47. The normalized spacial score (nSPS) is 14.3. The van der Waals surface area contributed by atoms with E-state index in [0.29, 0.717) is 17.3 Å². The van der Waals surface area contributed by atoms with E-state index in [4.69, 9.17) is 0 Å². The van der Waals surface area contributed by atoms with E-state index in [0.717, 1.165) is 43.5 Å². The quantitative estimate of drug-likeness (QED) is 0.587. The van der Waals surface area contributed by atoms with E-state index in [1.54, 1.807) is 24.3 Å². The van der Waals surface area contributed by atoms with Crippen molar-refractivity contribution in [3.8, 4) is 0 Å². The molecule has 1 aliphatic heterocycles. The molecule has 1 saturated heterocycles. The summed E-state index contributed by atoms with van der Waals surface area (Å²) in [5, 5.41) is 3.24. The number of hydrogen-bond acceptors (Lipinski definition) is 6. The highest BCUT2D eigenvalue weighted by Crippen LogP contribution is 2.24. The fourth-order valence-electron chi connectivity index (χ4n) is 3.54. The number of anilines is 4. The first-order chi connectivity index (χ1) is 14.9. The molecule has 9 heteroatoms. The summed E-state index contributed by atoms with van der Waals surface area (Å²) in [5.41, 5.74) is 1.08. The maximum absolute atomic E-state index is 13.8. The molecular weight excluding hydrogens is 417 g/mol. The molecule has 0 aliphatic carbocycles. The van der Waals surface area contributed by atoms with Gasteiger partial charge >= 0.3 is 0 Å². The van der Waals surface area contributed by atoms with E-state index in [1.165, 1.54) is 24.6 Å². The van der Waals surface area contributed by atoms with Gasteiger partial charge in [0, 0.05) is 30.5 Å². The number of sulfonamides is 1. The summed E-state index contributed by atoms with van der Waals surface area (Å²) in [6, 6.07) is 13.9. The van der Waals surface area contributed by atoms with Crippen LogP contribution in [0.2, 0.25) is 0 Å². The number of halogens is 1. The standard InChI is InChI=1S/C22H24FN5O2S/c1-16-24-21(15-22(25-16)28-13-5-2-6-14-28)26-17-9-11-18(12-10-17)27-31(29,30)20-8-4-3-7-19(20)23/h3-4,7-12,15,27H,2,5-6,13-14H2,1H3,(H,24,25,26). The first kappa shape index (κ1) is 21.0. The fourth-order valence-corrected chi connectivity index (χ4v) is 4.68. The number of hydrogen-bond donors (Lipinski definition) is 2. The predicted octanol–water partition coefficient (Wildman–Crippen LogP) is 4.46. The Morgan fingerprint density at radius 1 is 0.935 bits per heavy atom. The van der Waals surface area contributed by atoms with Gasteiger partial charge in [0.05, 0.1) is 0 Å². The van der Waals surface area contributed by atoms with Gasteiger partial charge in [-0.3, -0.25) is 4.72 Å². The highest BCUT2D eigenvalue weighted by atomic mass is 32.2. The van der Waals surface area contributed by atoms with Crippen LogP contribution >= 0.6 is 0 Å². The van der Waals surface area contributed by atoms with Crippen LogP contribution in [0.25, 0.3) is 0 Å². The average molecular weight is 442 g/mol. The summed E-state index contributed by atoms with van der Waals surface area (Å²) in [4.78, 5) is 10.9. The molecule has 2 N–H and O–H groups in total. The van der Waals surface area contributed by atoms with Gasteiger partial charge in [-0.2, -0.15) is 0 Å². The average Bonchev–Trinajstić information content (AvgIpc) is 2.75. The van der Waals surface area contributed by atoms with Gasteiger partial charge < -0.3 is 10.2 Å². The monoisotopic (exact) mass is 441 g/mol. The molecule has 1 fully saturated rings. The Balaban J connectivity index is 1.48. The van der Waals surface area contributed by atoms with Crippen molar-refractivity contribution < 1.29 is 12.8 Å². The van der Waals surface area contributed by atoms with Gasteiger partial charge in [-0.25, -0.2) is 22.8 Å². The number of aryl methyl sites for hydroxylation is 1. The van der Waals surface area contributed by atoms with Crippen LogP contribution in [0.15, 0.2) is 59.5 Å². The molecule has 2 aromatic carbocycles. The number of aromatic nitrogens is 2. The second-order valence-corrected chi connectivity index (χ2v) is 9.10. The Labute approximate surface area is 181 Å². The molecule has 0 bridgehead atoms. The highest BCUT2D eigenvalue weighted by molar-refractivity contribution is 7.92. The Kier molecular flexibility index (Phi) is 6.03. The van der Waals surface area contributed by atoms with Crippen LogP contribution in [-0.2, 0) is 10.0 Å². The zero-order chi connectivity index (χ0) is 21.8. The lowest BCUT2D eigenvalue weighted by Crippen LogP contribution is -2.30.